The van der Waals surface area contributed by atoms with Gasteiger partial charge in [-0.25, -0.2) is 4.79 Å². The van der Waals surface area contributed by atoms with Gasteiger partial charge in [0, 0.05) is 26.1 Å². The van der Waals surface area contributed by atoms with Crippen molar-refractivity contribution in [1.82, 2.24) is 10.2 Å². The second-order valence-corrected chi connectivity index (χ2v) is 5.03. The van der Waals surface area contributed by atoms with Crippen molar-refractivity contribution in [2.75, 3.05) is 20.1 Å². The van der Waals surface area contributed by atoms with Crippen LogP contribution in [-0.4, -0.2) is 47.9 Å². The summed E-state index contributed by atoms with van der Waals surface area (Å²) < 4.78 is 0. The predicted octanol–water partition coefficient (Wildman–Crippen LogP) is 0.983. The van der Waals surface area contributed by atoms with E-state index in [2.05, 4.69) is 5.32 Å². The van der Waals surface area contributed by atoms with Crippen molar-refractivity contribution >= 4 is 17.8 Å². The van der Waals surface area contributed by atoms with Gasteiger partial charge in [-0.2, -0.15) is 0 Å². The first-order valence-corrected chi connectivity index (χ1v) is 6.87. The van der Waals surface area contributed by atoms with E-state index in [4.69, 9.17) is 5.11 Å². The molecule has 1 saturated heterocycles. The molecule has 0 spiro atoms. The molecule has 6 nitrogen and oxygen atoms in total. The lowest BCUT2D eigenvalue weighted by Crippen LogP contribution is -2.42. The Hall–Kier alpha value is -2.37. The first-order chi connectivity index (χ1) is 10.0. The molecule has 2 rings (SSSR count). The van der Waals surface area contributed by atoms with Gasteiger partial charge in [0.25, 0.3) is 5.91 Å². The van der Waals surface area contributed by atoms with Crippen molar-refractivity contribution in [3.05, 3.63) is 35.4 Å². The molecule has 0 radical (unpaired) electrons. The van der Waals surface area contributed by atoms with Crippen molar-refractivity contribution in [3.8, 4) is 0 Å². The minimum absolute atomic E-state index is 0.00645. The van der Waals surface area contributed by atoms with E-state index in [1.807, 2.05) is 0 Å². The second kappa shape index (κ2) is 6.39. The minimum Gasteiger partial charge on any atom is -0.478 e. The Bertz CT molecular complexity index is 563. The SMILES string of the molecule is CNC(=O)C1CCN(C(=O)c2ccccc2C(=O)O)CC1. The van der Waals surface area contributed by atoms with Gasteiger partial charge in [0.1, 0.15) is 0 Å². The number of piperidine rings is 1. The number of hydrogen-bond donors (Lipinski definition) is 2. The zero-order chi connectivity index (χ0) is 15.4. The van der Waals surface area contributed by atoms with Crippen LogP contribution < -0.4 is 5.32 Å². The van der Waals surface area contributed by atoms with Crippen LogP contribution in [0.1, 0.15) is 33.6 Å². The lowest BCUT2D eigenvalue weighted by molar-refractivity contribution is -0.125. The van der Waals surface area contributed by atoms with Gasteiger partial charge in [-0.05, 0) is 25.0 Å². The zero-order valence-electron chi connectivity index (χ0n) is 11.8. The Labute approximate surface area is 122 Å². The fraction of sp³-hybridized carbons (Fsp3) is 0.400. The molecule has 1 heterocycles. The summed E-state index contributed by atoms with van der Waals surface area (Å²) in [5.41, 5.74) is 0.208. The highest BCUT2D eigenvalue weighted by Crippen LogP contribution is 2.20. The number of likely N-dealkylation sites (tertiary alicyclic amines) is 1. The van der Waals surface area contributed by atoms with E-state index >= 15 is 0 Å². The molecule has 1 aliphatic rings. The lowest BCUT2D eigenvalue weighted by Gasteiger charge is -2.31. The van der Waals surface area contributed by atoms with Crippen LogP contribution in [0.5, 0.6) is 0 Å². The van der Waals surface area contributed by atoms with E-state index in [0.717, 1.165) is 0 Å². The highest BCUT2D eigenvalue weighted by molar-refractivity contribution is 6.04. The minimum atomic E-state index is -1.11. The fourth-order valence-electron chi connectivity index (χ4n) is 2.58. The quantitative estimate of drug-likeness (QED) is 0.869. The van der Waals surface area contributed by atoms with Crippen molar-refractivity contribution < 1.29 is 19.5 Å². The summed E-state index contributed by atoms with van der Waals surface area (Å²) in [6.07, 6.45) is 1.20. The number of carbonyl (C=O) groups is 3. The first-order valence-electron chi connectivity index (χ1n) is 6.87. The molecular formula is C15H18N2O4. The van der Waals surface area contributed by atoms with Crippen molar-refractivity contribution in [2.45, 2.75) is 12.8 Å². The average molecular weight is 290 g/mol. The Morgan fingerprint density at radius 2 is 1.71 bits per heavy atom. The molecule has 1 fully saturated rings. The van der Waals surface area contributed by atoms with Gasteiger partial charge in [0.15, 0.2) is 0 Å². The molecule has 0 aliphatic carbocycles. The molecule has 1 aliphatic heterocycles. The van der Waals surface area contributed by atoms with Crippen LogP contribution >= 0.6 is 0 Å². The van der Waals surface area contributed by atoms with Crippen molar-refractivity contribution in [1.29, 1.82) is 0 Å². The van der Waals surface area contributed by atoms with Crippen LogP contribution in [0.3, 0.4) is 0 Å². The van der Waals surface area contributed by atoms with Crippen LogP contribution in [0, 0.1) is 5.92 Å². The topological polar surface area (TPSA) is 86.7 Å². The largest absolute Gasteiger partial charge is 0.478 e. The van der Waals surface area contributed by atoms with E-state index in [1.165, 1.54) is 12.1 Å². The molecule has 6 heteroatoms. The van der Waals surface area contributed by atoms with E-state index < -0.39 is 5.97 Å². The summed E-state index contributed by atoms with van der Waals surface area (Å²) in [6, 6.07) is 6.19. The van der Waals surface area contributed by atoms with Crippen LogP contribution in [0.4, 0.5) is 0 Å². The molecule has 2 N–H and O–H groups in total. The van der Waals surface area contributed by atoms with Gasteiger partial charge in [-0.1, -0.05) is 12.1 Å². The summed E-state index contributed by atoms with van der Waals surface area (Å²) in [5.74, 6) is -1.48. The highest BCUT2D eigenvalue weighted by Gasteiger charge is 2.28. The maximum Gasteiger partial charge on any atom is 0.336 e. The van der Waals surface area contributed by atoms with E-state index in [-0.39, 0.29) is 28.9 Å². The van der Waals surface area contributed by atoms with Crippen LogP contribution in [0.15, 0.2) is 24.3 Å². The average Bonchev–Trinajstić information content (AvgIpc) is 2.53. The normalized spacial score (nSPS) is 15.6. The number of nitrogens with zero attached hydrogens (tertiary/aromatic N) is 1. The number of hydrogen-bond acceptors (Lipinski definition) is 3. The summed E-state index contributed by atoms with van der Waals surface area (Å²) >= 11 is 0. The Balaban J connectivity index is 2.09. The fourth-order valence-corrected chi connectivity index (χ4v) is 2.58. The maximum absolute atomic E-state index is 12.4. The number of carboxylic acid groups (broad SMARTS) is 1. The van der Waals surface area contributed by atoms with Gasteiger partial charge in [0.2, 0.25) is 5.91 Å². The number of carbonyl (C=O) groups excluding carboxylic acids is 2. The molecule has 1 aromatic rings. The molecule has 1 aromatic carbocycles. The van der Waals surface area contributed by atoms with Crippen molar-refractivity contribution in [2.24, 2.45) is 5.92 Å². The predicted molar refractivity (Wildman–Crippen MR) is 76.1 cm³/mol. The smallest absolute Gasteiger partial charge is 0.336 e. The van der Waals surface area contributed by atoms with Crippen LogP contribution in [-0.2, 0) is 4.79 Å². The molecule has 0 saturated carbocycles. The van der Waals surface area contributed by atoms with E-state index in [0.29, 0.717) is 25.9 Å². The monoisotopic (exact) mass is 290 g/mol. The van der Waals surface area contributed by atoms with Gasteiger partial charge < -0.3 is 15.3 Å². The molecule has 0 atom stereocenters. The number of carboxylic acids is 1. The number of nitrogens with one attached hydrogen (secondary N) is 1. The van der Waals surface area contributed by atoms with E-state index in [1.54, 1.807) is 24.1 Å². The summed E-state index contributed by atoms with van der Waals surface area (Å²) in [4.78, 5) is 36.8. The lowest BCUT2D eigenvalue weighted by atomic mass is 9.95. The second-order valence-electron chi connectivity index (χ2n) is 5.03. The maximum atomic E-state index is 12.4. The Kier molecular flexibility index (Phi) is 4.57. The third-order valence-electron chi connectivity index (χ3n) is 3.79. The highest BCUT2D eigenvalue weighted by atomic mass is 16.4. The molecule has 0 aromatic heterocycles. The Morgan fingerprint density at radius 1 is 1.14 bits per heavy atom. The summed E-state index contributed by atoms with van der Waals surface area (Å²) in [5, 5.41) is 11.8. The van der Waals surface area contributed by atoms with Gasteiger partial charge in [0.05, 0.1) is 11.1 Å². The molecule has 112 valence electrons. The zero-order valence-corrected chi connectivity index (χ0v) is 11.8. The summed E-state index contributed by atoms with van der Waals surface area (Å²) in [7, 11) is 1.60. The number of aromatic carboxylic acids is 1. The molecule has 21 heavy (non-hydrogen) atoms. The number of benzene rings is 1. The number of rotatable bonds is 3. The molecular weight excluding hydrogens is 272 g/mol. The molecule has 0 unspecified atom stereocenters. The third-order valence-corrected chi connectivity index (χ3v) is 3.79. The summed E-state index contributed by atoms with van der Waals surface area (Å²) in [6.45, 7) is 0.926. The van der Waals surface area contributed by atoms with Crippen LogP contribution in [0.2, 0.25) is 0 Å². The van der Waals surface area contributed by atoms with Gasteiger partial charge >= 0.3 is 5.97 Å². The first kappa shape index (κ1) is 15.0. The van der Waals surface area contributed by atoms with Gasteiger partial charge in [-0.15, -0.1) is 0 Å². The van der Waals surface area contributed by atoms with Crippen LogP contribution in [0.25, 0.3) is 0 Å². The standard InChI is InChI=1S/C15H18N2O4/c1-16-13(18)10-6-8-17(9-7-10)14(19)11-4-2-3-5-12(11)15(20)21/h2-5,10H,6-9H2,1H3,(H,16,18)(H,20,21). The van der Waals surface area contributed by atoms with Crippen molar-refractivity contribution in [3.63, 3.8) is 0 Å². The van der Waals surface area contributed by atoms with Gasteiger partial charge in [-0.3, -0.25) is 9.59 Å². The molecule has 0 bridgehead atoms. The number of amides is 2. The molecule has 2 amide bonds. The third kappa shape index (κ3) is 3.21. The van der Waals surface area contributed by atoms with E-state index in [9.17, 15) is 14.4 Å². The Morgan fingerprint density at radius 3 is 2.24 bits per heavy atom.